The summed E-state index contributed by atoms with van der Waals surface area (Å²) in [6.07, 6.45) is 0. The molecule has 0 bridgehead atoms. The van der Waals surface area contributed by atoms with Gasteiger partial charge in [-0.2, -0.15) is 0 Å². The van der Waals surface area contributed by atoms with E-state index in [9.17, 15) is 14.7 Å². The third kappa shape index (κ3) is 5.45. The molecule has 0 atom stereocenters. The molecule has 7 nitrogen and oxygen atoms in total. The first-order chi connectivity index (χ1) is 15.6. The number of rotatable bonds is 5. The van der Waals surface area contributed by atoms with Crippen molar-refractivity contribution in [1.29, 1.82) is 0 Å². The largest absolute Gasteiger partial charge is 1.00 e. The molecule has 1 saturated heterocycles. The summed E-state index contributed by atoms with van der Waals surface area (Å²) >= 11 is 3.15. The predicted molar refractivity (Wildman–Crippen MR) is 119 cm³/mol. The molecule has 10 heteroatoms. The van der Waals surface area contributed by atoms with E-state index in [0.29, 0.717) is 43.7 Å². The molecule has 0 N–H and O–H groups in total. The molecule has 1 fully saturated rings. The van der Waals surface area contributed by atoms with E-state index in [-0.39, 0.29) is 35.0 Å². The van der Waals surface area contributed by atoms with Gasteiger partial charge >= 0.3 is 29.6 Å². The van der Waals surface area contributed by atoms with Crippen LogP contribution in [-0.4, -0.2) is 38.9 Å². The Morgan fingerprint density at radius 1 is 1.03 bits per heavy atom. The van der Waals surface area contributed by atoms with Crippen LogP contribution in [0.4, 0.5) is 5.88 Å². The van der Waals surface area contributed by atoms with E-state index in [1.54, 1.807) is 29.6 Å². The molecule has 33 heavy (non-hydrogen) atoms. The van der Waals surface area contributed by atoms with Crippen LogP contribution in [0.15, 0.2) is 77.3 Å². The molecular weight excluding hydrogens is 473 g/mol. The van der Waals surface area contributed by atoms with E-state index in [1.807, 2.05) is 35.2 Å². The molecule has 0 saturated carbocycles. The van der Waals surface area contributed by atoms with Crippen LogP contribution in [0.25, 0.3) is 11.3 Å². The molecule has 0 aliphatic carbocycles. The Bertz CT molecular complexity index is 1240. The summed E-state index contributed by atoms with van der Waals surface area (Å²) in [5.41, 5.74) is 0.754. The predicted octanol–water partition coefficient (Wildman–Crippen LogP) is -0.108. The van der Waals surface area contributed by atoms with Crippen molar-refractivity contribution in [3.8, 4) is 17.1 Å². The number of carbonyl (C=O) groups excluding carboxylic acids is 1. The second-order valence-corrected chi connectivity index (χ2v) is 9.34. The summed E-state index contributed by atoms with van der Waals surface area (Å²) in [5, 5.41) is 10.7. The fraction of sp³-hybridized carbons (Fsp3) is 0.217. The van der Waals surface area contributed by atoms with Crippen LogP contribution in [-0.2, 0) is 9.53 Å². The van der Waals surface area contributed by atoms with Gasteiger partial charge in [-0.3, -0.25) is 4.79 Å². The van der Waals surface area contributed by atoms with Crippen molar-refractivity contribution < 1.29 is 53.3 Å². The number of carboxylic acid groups (broad SMARTS) is 1. The molecule has 2 aliphatic heterocycles. The first-order valence-electron chi connectivity index (χ1n) is 10.0. The molecule has 3 aromatic rings. The number of hydrogen-bond acceptors (Lipinski definition) is 9. The number of ether oxygens (including phenoxy) is 2. The Kier molecular flexibility index (Phi) is 7.78. The quantitative estimate of drug-likeness (QED) is 0.355. The van der Waals surface area contributed by atoms with Crippen molar-refractivity contribution in [2.24, 2.45) is 0 Å². The molecule has 5 rings (SSSR count). The summed E-state index contributed by atoms with van der Waals surface area (Å²) in [6.45, 7) is 2.08. The summed E-state index contributed by atoms with van der Waals surface area (Å²) in [5.74, 6) is 0.295. The maximum absolute atomic E-state index is 12.5. The van der Waals surface area contributed by atoms with Gasteiger partial charge in [-0.05, 0) is 24.3 Å². The summed E-state index contributed by atoms with van der Waals surface area (Å²) in [4.78, 5) is 29.2. The maximum Gasteiger partial charge on any atom is 1.00 e. The minimum atomic E-state index is -1.26. The number of anilines is 1. The van der Waals surface area contributed by atoms with Crippen LogP contribution in [0.3, 0.4) is 0 Å². The van der Waals surface area contributed by atoms with Gasteiger partial charge in [-0.25, -0.2) is 0 Å². The van der Waals surface area contributed by atoms with E-state index >= 15 is 0 Å². The number of hydrogen-bond donors (Lipinski definition) is 0. The smallest absolute Gasteiger partial charge is 0.546 e. The van der Waals surface area contributed by atoms with Crippen LogP contribution in [0.2, 0.25) is 0 Å². The number of nitrogens with zero attached hydrogens (tertiary/aromatic N) is 1. The molecule has 0 radical (unpaired) electrons. The maximum atomic E-state index is 12.5. The van der Waals surface area contributed by atoms with Crippen LogP contribution >= 0.6 is 23.5 Å². The molecular formula is C23H18NNaO6S2. The van der Waals surface area contributed by atoms with Gasteiger partial charge in [-0.1, -0.05) is 35.7 Å². The Morgan fingerprint density at radius 2 is 1.85 bits per heavy atom. The van der Waals surface area contributed by atoms with Gasteiger partial charge in [0.2, 0.25) is 0 Å². The first-order valence-corrected chi connectivity index (χ1v) is 11.6. The Balaban J connectivity index is 0.00000259. The molecule has 2 aromatic carbocycles. The van der Waals surface area contributed by atoms with Crippen molar-refractivity contribution in [3.05, 3.63) is 58.8 Å². The van der Waals surface area contributed by atoms with E-state index in [4.69, 9.17) is 13.9 Å². The summed E-state index contributed by atoms with van der Waals surface area (Å²) in [6, 6.07) is 14.4. The van der Waals surface area contributed by atoms with Crippen LogP contribution in [0.5, 0.6) is 5.75 Å². The van der Waals surface area contributed by atoms with Crippen LogP contribution in [0, 0.1) is 0 Å². The monoisotopic (exact) mass is 491 g/mol. The van der Waals surface area contributed by atoms with Gasteiger partial charge < -0.3 is 28.7 Å². The van der Waals surface area contributed by atoms with Crippen molar-refractivity contribution >= 4 is 35.4 Å². The SMILES string of the molecule is O=C([O-])COc1ccc2c(c1)Sc1cccc(-c3cc(=O)cc(N4CCOCC4)o3)c1S2.[Na+]. The number of fused-ring (bicyclic) bond motifs is 2. The molecule has 1 aromatic heterocycles. The van der Waals surface area contributed by atoms with Gasteiger partial charge in [0.25, 0.3) is 0 Å². The van der Waals surface area contributed by atoms with Gasteiger partial charge in [0, 0.05) is 50.4 Å². The Morgan fingerprint density at radius 3 is 2.64 bits per heavy atom. The van der Waals surface area contributed by atoms with Crippen LogP contribution < -0.4 is 49.7 Å². The number of morpholine rings is 1. The van der Waals surface area contributed by atoms with Crippen molar-refractivity contribution in [3.63, 3.8) is 0 Å². The molecule has 3 heterocycles. The average Bonchev–Trinajstić information content (AvgIpc) is 2.81. The van der Waals surface area contributed by atoms with Gasteiger partial charge in [-0.15, -0.1) is 0 Å². The van der Waals surface area contributed by atoms with Gasteiger partial charge in [0.05, 0.1) is 19.2 Å². The average molecular weight is 492 g/mol. The van der Waals surface area contributed by atoms with E-state index < -0.39 is 12.6 Å². The van der Waals surface area contributed by atoms with Crippen LogP contribution in [0.1, 0.15) is 0 Å². The normalized spacial score (nSPS) is 14.6. The molecule has 0 unspecified atom stereocenters. The topological polar surface area (TPSA) is 92.0 Å². The zero-order valence-corrected chi connectivity index (χ0v) is 21.5. The van der Waals surface area contributed by atoms with Crippen molar-refractivity contribution in [2.45, 2.75) is 19.6 Å². The van der Waals surface area contributed by atoms with Gasteiger partial charge in [0.15, 0.2) is 11.3 Å². The summed E-state index contributed by atoms with van der Waals surface area (Å²) in [7, 11) is 0. The third-order valence-corrected chi connectivity index (χ3v) is 7.62. The number of benzene rings is 2. The van der Waals surface area contributed by atoms with Crippen molar-refractivity contribution in [1.82, 2.24) is 0 Å². The first kappa shape index (κ1) is 24.3. The fourth-order valence-corrected chi connectivity index (χ4v) is 5.94. The van der Waals surface area contributed by atoms with Gasteiger partial charge in [0.1, 0.15) is 18.1 Å². The summed E-state index contributed by atoms with van der Waals surface area (Å²) < 4.78 is 16.8. The minimum Gasteiger partial charge on any atom is -0.546 e. The Hall–Kier alpha value is -1.88. The van der Waals surface area contributed by atoms with E-state index in [1.165, 1.54) is 12.1 Å². The standard InChI is InChI=1S/C23H19NO6S2.Na/c25-14-10-17(30-21(11-14)24-6-8-28-9-7-24)16-2-1-3-19-23(16)32-18-5-4-15(12-20(18)31-19)29-13-22(26)27;/h1-5,10-12H,6-9,13H2,(H,26,27);/q;+1/p-1. The zero-order chi connectivity index (χ0) is 22.1. The van der Waals surface area contributed by atoms with E-state index in [0.717, 1.165) is 25.1 Å². The second kappa shape index (κ2) is 10.6. The number of carboxylic acids is 1. The molecule has 2 aliphatic rings. The number of carbonyl (C=O) groups is 1. The molecule has 164 valence electrons. The Labute approximate surface area is 220 Å². The molecule has 0 spiro atoms. The minimum absolute atomic E-state index is 0. The fourth-order valence-electron chi connectivity index (χ4n) is 3.54. The molecule has 0 amide bonds. The second-order valence-electron chi connectivity index (χ2n) is 7.20. The number of aliphatic carboxylic acids is 1. The van der Waals surface area contributed by atoms with E-state index in [2.05, 4.69) is 0 Å². The van der Waals surface area contributed by atoms with Crippen molar-refractivity contribution in [2.75, 3.05) is 37.8 Å². The zero-order valence-electron chi connectivity index (χ0n) is 17.9. The third-order valence-electron chi connectivity index (χ3n) is 5.02.